The van der Waals surface area contributed by atoms with Crippen molar-refractivity contribution < 1.29 is 14.5 Å². The molecule has 0 aromatic heterocycles. The number of nitro benzene ring substituents is 1. The molecular formula is C19H18Cl2N4O4. The number of nitro groups is 1. The van der Waals surface area contributed by atoms with Crippen LogP contribution in [0.1, 0.15) is 29.8 Å². The zero-order valence-electron chi connectivity index (χ0n) is 15.6. The van der Waals surface area contributed by atoms with Crippen molar-refractivity contribution in [2.24, 2.45) is 11.0 Å². The van der Waals surface area contributed by atoms with Crippen molar-refractivity contribution in [3.05, 3.63) is 73.8 Å². The van der Waals surface area contributed by atoms with E-state index < -0.39 is 22.8 Å². The third kappa shape index (κ3) is 6.27. The number of nitrogens with zero attached hydrogens (tertiary/aromatic N) is 2. The molecule has 0 aliphatic heterocycles. The Bertz CT molecular complexity index is 946. The number of halogens is 2. The van der Waals surface area contributed by atoms with E-state index in [9.17, 15) is 19.7 Å². The fraction of sp³-hybridized carbons (Fsp3) is 0.211. The minimum absolute atomic E-state index is 0.000897. The Labute approximate surface area is 177 Å². The maximum Gasteiger partial charge on any atom is 0.288 e. The highest BCUT2D eigenvalue weighted by molar-refractivity contribution is 6.32. The van der Waals surface area contributed by atoms with Gasteiger partial charge >= 0.3 is 0 Å². The van der Waals surface area contributed by atoms with Crippen LogP contribution in [0.4, 0.5) is 5.69 Å². The molecule has 1 unspecified atom stereocenters. The zero-order valence-corrected chi connectivity index (χ0v) is 17.1. The molecule has 10 heteroatoms. The van der Waals surface area contributed by atoms with Crippen LogP contribution in [0.3, 0.4) is 0 Å². The van der Waals surface area contributed by atoms with Crippen LogP contribution in [-0.2, 0) is 4.79 Å². The van der Waals surface area contributed by atoms with Gasteiger partial charge in [0.1, 0.15) is 11.1 Å². The minimum atomic E-state index is -0.838. The van der Waals surface area contributed by atoms with Gasteiger partial charge < -0.3 is 5.32 Å². The summed E-state index contributed by atoms with van der Waals surface area (Å²) in [5.41, 5.74) is 2.81. The first-order valence-electron chi connectivity index (χ1n) is 8.52. The van der Waals surface area contributed by atoms with Gasteiger partial charge in [0.25, 0.3) is 17.5 Å². The molecule has 0 saturated heterocycles. The second kappa shape index (κ2) is 9.99. The average Bonchev–Trinajstić information content (AvgIpc) is 2.67. The molecule has 0 fully saturated rings. The molecule has 2 aromatic rings. The number of hydrogen-bond acceptors (Lipinski definition) is 5. The van der Waals surface area contributed by atoms with Crippen molar-refractivity contribution in [1.29, 1.82) is 0 Å². The Hall–Kier alpha value is -2.97. The molecule has 29 heavy (non-hydrogen) atoms. The van der Waals surface area contributed by atoms with Gasteiger partial charge in [-0.25, -0.2) is 5.43 Å². The normalized spacial score (nSPS) is 12.0. The lowest BCUT2D eigenvalue weighted by Gasteiger charge is -2.20. The summed E-state index contributed by atoms with van der Waals surface area (Å²) >= 11 is 11.6. The molecule has 0 bridgehead atoms. The molecule has 2 aromatic carbocycles. The van der Waals surface area contributed by atoms with Crippen LogP contribution < -0.4 is 10.7 Å². The van der Waals surface area contributed by atoms with Gasteiger partial charge in [0.15, 0.2) is 0 Å². The van der Waals surface area contributed by atoms with E-state index in [1.807, 2.05) is 0 Å². The summed E-state index contributed by atoms with van der Waals surface area (Å²) < 4.78 is 0. The van der Waals surface area contributed by atoms with E-state index in [-0.39, 0.29) is 16.6 Å². The molecule has 0 heterocycles. The van der Waals surface area contributed by atoms with E-state index in [4.69, 9.17) is 23.2 Å². The van der Waals surface area contributed by atoms with Gasteiger partial charge in [-0.15, -0.1) is 0 Å². The number of carbonyl (C=O) groups is 2. The summed E-state index contributed by atoms with van der Waals surface area (Å²) in [5.74, 6) is -1.16. The Kier molecular flexibility index (Phi) is 7.69. The van der Waals surface area contributed by atoms with Crippen molar-refractivity contribution in [1.82, 2.24) is 10.7 Å². The highest BCUT2D eigenvalue weighted by Crippen LogP contribution is 2.24. The summed E-state index contributed by atoms with van der Waals surface area (Å²) in [4.78, 5) is 35.1. The maximum absolute atomic E-state index is 12.4. The smallest absolute Gasteiger partial charge is 0.288 e. The van der Waals surface area contributed by atoms with Gasteiger partial charge in [0.05, 0.1) is 11.1 Å². The number of hydrazone groups is 1. The van der Waals surface area contributed by atoms with Gasteiger partial charge in [-0.1, -0.05) is 43.1 Å². The monoisotopic (exact) mass is 436 g/mol. The largest absolute Gasteiger partial charge is 0.340 e. The van der Waals surface area contributed by atoms with Crippen LogP contribution in [-0.4, -0.2) is 29.0 Å². The molecule has 0 radical (unpaired) electrons. The van der Waals surface area contributed by atoms with Crippen LogP contribution in [0.5, 0.6) is 0 Å². The van der Waals surface area contributed by atoms with Crippen LogP contribution in [0.2, 0.25) is 10.0 Å². The second-order valence-electron chi connectivity index (χ2n) is 6.40. The number of amides is 2. The Morgan fingerprint density at radius 1 is 1.14 bits per heavy atom. The van der Waals surface area contributed by atoms with Crippen molar-refractivity contribution in [3.63, 3.8) is 0 Å². The molecule has 0 aliphatic rings. The predicted octanol–water partition coefficient (Wildman–Crippen LogP) is 3.81. The van der Waals surface area contributed by atoms with Gasteiger partial charge in [-0.3, -0.25) is 19.7 Å². The lowest BCUT2D eigenvalue weighted by Crippen LogP contribution is -2.48. The average molecular weight is 437 g/mol. The Morgan fingerprint density at radius 3 is 2.38 bits per heavy atom. The molecule has 0 aliphatic carbocycles. The van der Waals surface area contributed by atoms with E-state index in [0.29, 0.717) is 16.1 Å². The summed E-state index contributed by atoms with van der Waals surface area (Å²) in [6.45, 7) is 3.55. The zero-order chi connectivity index (χ0) is 21.6. The first-order chi connectivity index (χ1) is 13.7. The quantitative estimate of drug-likeness (QED) is 0.390. The third-order valence-electron chi connectivity index (χ3n) is 3.90. The molecule has 2 amide bonds. The van der Waals surface area contributed by atoms with Gasteiger partial charge in [-0.2, -0.15) is 5.10 Å². The summed E-state index contributed by atoms with van der Waals surface area (Å²) in [6.07, 6.45) is 1.25. The van der Waals surface area contributed by atoms with Crippen molar-refractivity contribution in [3.8, 4) is 0 Å². The second-order valence-corrected chi connectivity index (χ2v) is 7.25. The maximum atomic E-state index is 12.4. The summed E-state index contributed by atoms with van der Waals surface area (Å²) in [6, 6.07) is 9.55. The van der Waals surface area contributed by atoms with Crippen molar-refractivity contribution in [2.45, 2.75) is 19.9 Å². The highest BCUT2D eigenvalue weighted by Gasteiger charge is 2.24. The molecule has 8 nitrogen and oxygen atoms in total. The van der Waals surface area contributed by atoms with E-state index in [0.717, 1.165) is 0 Å². The van der Waals surface area contributed by atoms with Crippen LogP contribution in [0.15, 0.2) is 47.6 Å². The molecule has 1 atom stereocenters. The predicted molar refractivity (Wildman–Crippen MR) is 111 cm³/mol. The SMILES string of the molecule is CC(C)C(NC(=O)c1ccc(Cl)cc1)C(=O)NN=Cc1ccc(Cl)c([N+](=O)[O-])c1. The number of benzene rings is 2. The van der Waals surface area contributed by atoms with Crippen LogP contribution in [0.25, 0.3) is 0 Å². The lowest BCUT2D eigenvalue weighted by atomic mass is 10.0. The van der Waals surface area contributed by atoms with Gasteiger partial charge in [0, 0.05) is 22.2 Å². The third-order valence-corrected chi connectivity index (χ3v) is 4.47. The van der Waals surface area contributed by atoms with Crippen molar-refractivity contribution in [2.75, 3.05) is 0 Å². The standard InChI is InChI=1S/C19H18Cl2N4O4/c1-11(2)17(23-18(26)13-4-6-14(20)7-5-13)19(27)24-22-10-12-3-8-15(21)16(9-12)25(28)29/h3-11,17H,1-2H3,(H,23,26)(H,24,27). The van der Waals surface area contributed by atoms with E-state index in [2.05, 4.69) is 15.8 Å². The van der Waals surface area contributed by atoms with Gasteiger partial charge in [-0.05, 0) is 36.2 Å². The van der Waals surface area contributed by atoms with E-state index in [1.165, 1.54) is 24.4 Å². The Balaban J connectivity index is 2.05. The molecule has 0 saturated carbocycles. The number of rotatable bonds is 7. The first-order valence-corrected chi connectivity index (χ1v) is 9.28. The van der Waals surface area contributed by atoms with E-state index in [1.54, 1.807) is 38.1 Å². The topological polar surface area (TPSA) is 114 Å². The molecule has 2 rings (SSSR count). The van der Waals surface area contributed by atoms with E-state index >= 15 is 0 Å². The number of hydrogen-bond donors (Lipinski definition) is 2. The Morgan fingerprint density at radius 2 is 1.79 bits per heavy atom. The number of carbonyl (C=O) groups excluding carboxylic acids is 2. The minimum Gasteiger partial charge on any atom is -0.340 e. The van der Waals surface area contributed by atoms with Crippen LogP contribution >= 0.6 is 23.2 Å². The summed E-state index contributed by atoms with van der Waals surface area (Å²) in [7, 11) is 0. The molecule has 152 valence electrons. The summed E-state index contributed by atoms with van der Waals surface area (Å²) in [5, 5.41) is 17.9. The molecular weight excluding hydrogens is 419 g/mol. The first kappa shape index (κ1) is 22.3. The fourth-order valence-electron chi connectivity index (χ4n) is 2.35. The fourth-order valence-corrected chi connectivity index (χ4v) is 2.66. The number of nitrogens with one attached hydrogen (secondary N) is 2. The van der Waals surface area contributed by atoms with Crippen LogP contribution in [0, 0.1) is 16.0 Å². The molecule has 0 spiro atoms. The van der Waals surface area contributed by atoms with Crippen molar-refractivity contribution >= 4 is 46.9 Å². The molecule has 2 N–H and O–H groups in total. The lowest BCUT2D eigenvalue weighted by molar-refractivity contribution is -0.384. The highest BCUT2D eigenvalue weighted by atomic mass is 35.5. The van der Waals surface area contributed by atoms with Gasteiger partial charge in [0.2, 0.25) is 0 Å².